The fourth-order valence-corrected chi connectivity index (χ4v) is 2.04. The van der Waals surface area contributed by atoms with Crippen LogP contribution in [0.1, 0.15) is 31.5 Å². The van der Waals surface area contributed by atoms with Gasteiger partial charge in [-0.05, 0) is 20.8 Å². The lowest BCUT2D eigenvalue weighted by Crippen LogP contribution is -2.49. The Morgan fingerprint density at radius 2 is 2.38 bits per heavy atom. The number of hydrogen-bond donors (Lipinski definition) is 1. The second kappa shape index (κ2) is 5.66. The van der Waals surface area contributed by atoms with Gasteiger partial charge in [0.15, 0.2) is 0 Å². The van der Waals surface area contributed by atoms with E-state index in [0.717, 1.165) is 31.3 Å². The Morgan fingerprint density at radius 1 is 1.62 bits per heavy atom. The maximum atomic E-state index is 5.56. The molecule has 0 saturated carbocycles. The lowest BCUT2D eigenvalue weighted by molar-refractivity contribution is 0.139. The first-order valence-electron chi connectivity index (χ1n) is 5.56. The van der Waals surface area contributed by atoms with Crippen molar-refractivity contribution in [2.75, 3.05) is 19.6 Å². The Morgan fingerprint density at radius 3 is 2.94 bits per heavy atom. The maximum Gasteiger partial charge on any atom is 0.211 e. The molecule has 1 aromatic heterocycles. The molecular weight excluding hydrogens is 226 g/mol. The lowest BCUT2D eigenvalue weighted by atomic mass is 10.2. The summed E-state index contributed by atoms with van der Waals surface area (Å²) >= 11 is 0. The highest BCUT2D eigenvalue weighted by atomic mass is 35.5. The van der Waals surface area contributed by atoms with Crippen LogP contribution in [0.4, 0.5) is 0 Å². The molecular formula is C11H20ClN3O. The van der Waals surface area contributed by atoms with Gasteiger partial charge in [0.1, 0.15) is 5.76 Å². The zero-order valence-electron chi connectivity index (χ0n) is 10.1. The van der Waals surface area contributed by atoms with Gasteiger partial charge in [-0.25, -0.2) is 4.98 Å². The number of halogens is 1. The third kappa shape index (κ3) is 2.97. The first-order valence-corrected chi connectivity index (χ1v) is 5.56. The van der Waals surface area contributed by atoms with Gasteiger partial charge in [-0.15, -0.1) is 12.4 Å². The highest BCUT2D eigenvalue weighted by molar-refractivity contribution is 5.85. The quantitative estimate of drug-likeness (QED) is 0.862. The molecule has 0 aromatic carbocycles. The lowest BCUT2D eigenvalue weighted by Gasteiger charge is -2.34. The summed E-state index contributed by atoms with van der Waals surface area (Å²) in [5.41, 5.74) is 0. The summed E-state index contributed by atoms with van der Waals surface area (Å²) in [5.74, 6) is 1.72. The summed E-state index contributed by atoms with van der Waals surface area (Å²) in [6.07, 6.45) is 1.79. The molecule has 1 saturated heterocycles. The van der Waals surface area contributed by atoms with Gasteiger partial charge in [0.05, 0.1) is 12.2 Å². The second-order valence-electron chi connectivity index (χ2n) is 4.34. The van der Waals surface area contributed by atoms with Crippen LogP contribution in [0.25, 0.3) is 0 Å². The molecule has 2 atom stereocenters. The normalized spacial score (nSPS) is 23.8. The molecule has 4 nitrogen and oxygen atoms in total. The van der Waals surface area contributed by atoms with Crippen LogP contribution in [0.5, 0.6) is 0 Å². The smallest absolute Gasteiger partial charge is 0.211 e. The van der Waals surface area contributed by atoms with Crippen molar-refractivity contribution < 1.29 is 4.42 Å². The van der Waals surface area contributed by atoms with Crippen molar-refractivity contribution in [3.8, 4) is 0 Å². The van der Waals surface area contributed by atoms with E-state index >= 15 is 0 Å². The zero-order valence-corrected chi connectivity index (χ0v) is 10.9. The van der Waals surface area contributed by atoms with Crippen molar-refractivity contribution in [1.29, 1.82) is 0 Å². The van der Waals surface area contributed by atoms with Gasteiger partial charge in [-0.1, -0.05) is 0 Å². The SMILES string of the molecule is Cc1cnc(C(C)N2CCNC(C)C2)o1.Cl. The molecule has 1 aromatic rings. The minimum atomic E-state index is 0. The molecule has 0 bridgehead atoms. The van der Waals surface area contributed by atoms with Gasteiger partial charge in [0, 0.05) is 25.7 Å². The van der Waals surface area contributed by atoms with E-state index in [1.165, 1.54) is 0 Å². The molecule has 2 rings (SSSR count). The average molecular weight is 246 g/mol. The number of piperazine rings is 1. The molecule has 92 valence electrons. The summed E-state index contributed by atoms with van der Waals surface area (Å²) in [5, 5.41) is 3.43. The highest BCUT2D eigenvalue weighted by Crippen LogP contribution is 2.20. The molecule has 1 N–H and O–H groups in total. The van der Waals surface area contributed by atoms with E-state index in [1.54, 1.807) is 6.20 Å². The molecule has 1 aliphatic heterocycles. The molecule has 2 heterocycles. The van der Waals surface area contributed by atoms with E-state index in [4.69, 9.17) is 4.42 Å². The zero-order chi connectivity index (χ0) is 10.8. The third-order valence-corrected chi connectivity index (χ3v) is 2.94. The van der Waals surface area contributed by atoms with Crippen molar-refractivity contribution in [3.63, 3.8) is 0 Å². The van der Waals surface area contributed by atoms with Crippen LogP contribution in [0, 0.1) is 6.92 Å². The van der Waals surface area contributed by atoms with Gasteiger partial charge in [-0.3, -0.25) is 4.90 Å². The van der Waals surface area contributed by atoms with Crippen molar-refractivity contribution >= 4 is 12.4 Å². The predicted octanol–water partition coefficient (Wildman–Crippen LogP) is 1.76. The minimum Gasteiger partial charge on any atom is -0.444 e. The maximum absolute atomic E-state index is 5.56. The van der Waals surface area contributed by atoms with E-state index in [1.807, 2.05) is 6.92 Å². The number of aryl methyl sites for hydroxylation is 1. The molecule has 0 radical (unpaired) electrons. The van der Waals surface area contributed by atoms with Crippen LogP contribution in [0.3, 0.4) is 0 Å². The van der Waals surface area contributed by atoms with E-state index in [-0.39, 0.29) is 18.4 Å². The Labute approximate surface area is 103 Å². The van der Waals surface area contributed by atoms with Crippen molar-refractivity contribution in [3.05, 3.63) is 17.8 Å². The third-order valence-electron chi connectivity index (χ3n) is 2.94. The van der Waals surface area contributed by atoms with Gasteiger partial charge in [0.25, 0.3) is 0 Å². The standard InChI is InChI=1S/C11H19N3O.ClH/c1-8-7-14(5-4-12-8)10(3)11-13-6-9(2)15-11;/h6,8,10,12H,4-5,7H2,1-3H3;1H. The van der Waals surface area contributed by atoms with Crippen LogP contribution in [-0.4, -0.2) is 35.6 Å². The molecule has 1 aliphatic rings. The molecule has 0 spiro atoms. The predicted molar refractivity (Wildman–Crippen MR) is 65.9 cm³/mol. The average Bonchev–Trinajstić information content (AvgIpc) is 2.64. The highest BCUT2D eigenvalue weighted by Gasteiger charge is 2.24. The Bertz CT molecular complexity index is 329. The molecule has 2 unspecified atom stereocenters. The van der Waals surface area contributed by atoms with Crippen molar-refractivity contribution in [2.24, 2.45) is 0 Å². The van der Waals surface area contributed by atoms with Gasteiger partial charge in [-0.2, -0.15) is 0 Å². The number of nitrogens with one attached hydrogen (secondary N) is 1. The van der Waals surface area contributed by atoms with Crippen LogP contribution >= 0.6 is 12.4 Å². The molecule has 1 fully saturated rings. The van der Waals surface area contributed by atoms with E-state index in [9.17, 15) is 0 Å². The molecule has 16 heavy (non-hydrogen) atoms. The number of oxazole rings is 1. The van der Waals surface area contributed by atoms with Crippen LogP contribution < -0.4 is 5.32 Å². The van der Waals surface area contributed by atoms with E-state index in [2.05, 4.69) is 29.0 Å². The Balaban J connectivity index is 0.00000128. The number of aromatic nitrogens is 1. The van der Waals surface area contributed by atoms with Gasteiger partial charge in [0.2, 0.25) is 5.89 Å². The molecule has 0 aliphatic carbocycles. The minimum absolute atomic E-state index is 0. The summed E-state index contributed by atoms with van der Waals surface area (Å²) in [6.45, 7) is 9.47. The summed E-state index contributed by atoms with van der Waals surface area (Å²) in [4.78, 5) is 6.70. The monoisotopic (exact) mass is 245 g/mol. The fraction of sp³-hybridized carbons (Fsp3) is 0.727. The first kappa shape index (κ1) is 13.5. The number of nitrogens with zero attached hydrogens (tertiary/aromatic N) is 2. The van der Waals surface area contributed by atoms with Crippen LogP contribution in [0.2, 0.25) is 0 Å². The molecule has 5 heteroatoms. The topological polar surface area (TPSA) is 41.3 Å². The summed E-state index contributed by atoms with van der Waals surface area (Å²) < 4.78 is 5.56. The van der Waals surface area contributed by atoms with Crippen LogP contribution in [-0.2, 0) is 0 Å². The van der Waals surface area contributed by atoms with Crippen molar-refractivity contribution in [2.45, 2.75) is 32.9 Å². The van der Waals surface area contributed by atoms with Gasteiger partial charge < -0.3 is 9.73 Å². The first-order chi connectivity index (χ1) is 7.16. The number of rotatable bonds is 2. The van der Waals surface area contributed by atoms with Crippen LogP contribution in [0.15, 0.2) is 10.6 Å². The van der Waals surface area contributed by atoms with E-state index < -0.39 is 0 Å². The summed E-state index contributed by atoms with van der Waals surface area (Å²) in [6, 6.07) is 0.834. The number of hydrogen-bond acceptors (Lipinski definition) is 4. The Hall–Kier alpha value is -0.580. The Kier molecular flexibility index (Phi) is 4.77. The largest absolute Gasteiger partial charge is 0.444 e. The van der Waals surface area contributed by atoms with Crippen molar-refractivity contribution in [1.82, 2.24) is 15.2 Å². The molecule has 0 amide bonds. The second-order valence-corrected chi connectivity index (χ2v) is 4.34. The van der Waals surface area contributed by atoms with Gasteiger partial charge >= 0.3 is 0 Å². The summed E-state index contributed by atoms with van der Waals surface area (Å²) in [7, 11) is 0. The fourth-order valence-electron chi connectivity index (χ4n) is 2.04. The van der Waals surface area contributed by atoms with E-state index in [0.29, 0.717) is 6.04 Å².